The van der Waals surface area contributed by atoms with E-state index in [9.17, 15) is 4.79 Å². The highest BCUT2D eigenvalue weighted by Gasteiger charge is 2.06. The summed E-state index contributed by atoms with van der Waals surface area (Å²) in [5.74, 6) is 1.56. The molecular weight excluding hydrogens is 234 g/mol. The highest BCUT2D eigenvalue weighted by atomic mass is 32.2. The number of pyridine rings is 1. The second-order valence-electron chi connectivity index (χ2n) is 4.12. The number of hydrogen-bond donors (Lipinski definition) is 2. The summed E-state index contributed by atoms with van der Waals surface area (Å²) in [4.78, 5) is 15.7. The highest BCUT2D eigenvalue weighted by Crippen LogP contribution is 2.04. The molecule has 1 heterocycles. The first kappa shape index (κ1) is 13.8. The van der Waals surface area contributed by atoms with Crippen molar-refractivity contribution in [2.75, 3.05) is 24.3 Å². The van der Waals surface area contributed by atoms with Crippen LogP contribution in [-0.2, 0) is 11.2 Å². The summed E-state index contributed by atoms with van der Waals surface area (Å²) in [6.07, 6.45) is 3.95. The predicted octanol–water partition coefficient (Wildman–Crippen LogP) is 1.32. The van der Waals surface area contributed by atoms with Crippen LogP contribution < -0.4 is 11.1 Å². The van der Waals surface area contributed by atoms with E-state index in [1.807, 2.05) is 0 Å². The first-order valence-corrected chi connectivity index (χ1v) is 6.97. The standard InChI is InChI=1S/C12H19N3OS/c1-9(8-17-2)6-15-12(16)5-11-4-3-10(13)7-14-11/h3-4,7,9H,5-6,8,13H2,1-2H3,(H,15,16). The molecule has 1 aromatic heterocycles. The lowest BCUT2D eigenvalue weighted by Gasteiger charge is -2.10. The van der Waals surface area contributed by atoms with Gasteiger partial charge in [-0.1, -0.05) is 6.92 Å². The molecule has 0 spiro atoms. The zero-order valence-electron chi connectivity index (χ0n) is 10.3. The number of nitrogens with two attached hydrogens (primary N) is 1. The van der Waals surface area contributed by atoms with Gasteiger partial charge in [0.05, 0.1) is 18.3 Å². The quantitative estimate of drug-likeness (QED) is 0.802. The van der Waals surface area contributed by atoms with Crippen molar-refractivity contribution in [3.63, 3.8) is 0 Å². The number of thioether (sulfide) groups is 1. The minimum atomic E-state index is 0.00947. The second kappa shape index (κ2) is 7.17. The van der Waals surface area contributed by atoms with Gasteiger partial charge in [-0.2, -0.15) is 11.8 Å². The van der Waals surface area contributed by atoms with E-state index >= 15 is 0 Å². The molecule has 1 amide bonds. The number of aromatic nitrogens is 1. The average molecular weight is 253 g/mol. The largest absolute Gasteiger partial charge is 0.397 e. The van der Waals surface area contributed by atoms with Crippen LogP contribution in [0.5, 0.6) is 0 Å². The number of nitrogens with one attached hydrogen (secondary N) is 1. The van der Waals surface area contributed by atoms with Crippen LogP contribution >= 0.6 is 11.8 Å². The Hall–Kier alpha value is -1.23. The molecule has 1 rings (SSSR count). The van der Waals surface area contributed by atoms with Gasteiger partial charge >= 0.3 is 0 Å². The summed E-state index contributed by atoms with van der Waals surface area (Å²) in [6.45, 7) is 2.84. The van der Waals surface area contributed by atoms with Crippen LogP contribution in [0.4, 0.5) is 5.69 Å². The molecule has 0 saturated heterocycles. The lowest BCUT2D eigenvalue weighted by Crippen LogP contribution is -2.30. The maximum absolute atomic E-state index is 11.6. The van der Waals surface area contributed by atoms with Gasteiger partial charge in [-0.05, 0) is 30.1 Å². The monoisotopic (exact) mass is 253 g/mol. The zero-order chi connectivity index (χ0) is 12.7. The van der Waals surface area contributed by atoms with E-state index in [1.165, 1.54) is 0 Å². The third kappa shape index (κ3) is 5.58. The average Bonchev–Trinajstić information content (AvgIpc) is 2.30. The molecular formula is C12H19N3OS. The van der Waals surface area contributed by atoms with E-state index in [0.29, 0.717) is 24.6 Å². The van der Waals surface area contributed by atoms with Crippen LogP contribution in [0, 0.1) is 5.92 Å². The van der Waals surface area contributed by atoms with Crippen LogP contribution in [0.2, 0.25) is 0 Å². The van der Waals surface area contributed by atoms with Crippen LogP contribution in [-0.4, -0.2) is 29.4 Å². The summed E-state index contributed by atoms with van der Waals surface area (Å²) in [5, 5.41) is 2.91. The molecule has 0 radical (unpaired) electrons. The Balaban J connectivity index is 2.32. The van der Waals surface area contributed by atoms with Gasteiger partial charge < -0.3 is 11.1 Å². The first-order chi connectivity index (χ1) is 8.11. The molecule has 0 aliphatic heterocycles. The van der Waals surface area contributed by atoms with Gasteiger partial charge in [0.25, 0.3) is 0 Å². The van der Waals surface area contributed by atoms with Crippen molar-refractivity contribution in [1.82, 2.24) is 10.3 Å². The summed E-state index contributed by atoms with van der Waals surface area (Å²) >= 11 is 1.79. The van der Waals surface area contributed by atoms with Crippen molar-refractivity contribution in [1.29, 1.82) is 0 Å². The Bertz CT molecular complexity index is 353. The zero-order valence-corrected chi connectivity index (χ0v) is 11.1. The maximum atomic E-state index is 11.6. The Morgan fingerprint density at radius 2 is 2.35 bits per heavy atom. The number of carbonyl (C=O) groups excluding carboxylic acids is 1. The number of hydrogen-bond acceptors (Lipinski definition) is 4. The minimum absolute atomic E-state index is 0.00947. The molecule has 0 aliphatic carbocycles. The maximum Gasteiger partial charge on any atom is 0.226 e. The number of nitrogen functional groups attached to an aromatic ring is 1. The number of anilines is 1. The molecule has 0 bridgehead atoms. The third-order valence-corrected chi connectivity index (χ3v) is 3.19. The SMILES string of the molecule is CSCC(C)CNC(=O)Cc1ccc(N)cn1. The summed E-state index contributed by atoms with van der Waals surface area (Å²) in [5.41, 5.74) is 6.88. The lowest BCUT2D eigenvalue weighted by molar-refractivity contribution is -0.120. The van der Waals surface area contributed by atoms with Gasteiger partial charge in [-0.25, -0.2) is 0 Å². The van der Waals surface area contributed by atoms with E-state index in [4.69, 9.17) is 5.73 Å². The minimum Gasteiger partial charge on any atom is -0.397 e. The van der Waals surface area contributed by atoms with Crippen molar-refractivity contribution in [2.45, 2.75) is 13.3 Å². The molecule has 0 aliphatic rings. The van der Waals surface area contributed by atoms with Crippen LogP contribution in [0.25, 0.3) is 0 Å². The van der Waals surface area contributed by atoms with E-state index in [2.05, 4.69) is 23.5 Å². The highest BCUT2D eigenvalue weighted by molar-refractivity contribution is 7.98. The molecule has 0 aromatic carbocycles. The number of rotatable bonds is 6. The van der Waals surface area contributed by atoms with Crippen molar-refractivity contribution in [3.8, 4) is 0 Å². The molecule has 0 fully saturated rings. The Morgan fingerprint density at radius 1 is 1.59 bits per heavy atom. The molecule has 4 nitrogen and oxygen atoms in total. The Labute approximate surface area is 106 Å². The van der Waals surface area contributed by atoms with E-state index in [1.54, 1.807) is 30.1 Å². The van der Waals surface area contributed by atoms with Gasteiger partial charge in [0, 0.05) is 12.2 Å². The van der Waals surface area contributed by atoms with Gasteiger partial charge in [0.15, 0.2) is 0 Å². The molecule has 0 saturated carbocycles. The van der Waals surface area contributed by atoms with Gasteiger partial charge in [-0.15, -0.1) is 0 Å². The first-order valence-electron chi connectivity index (χ1n) is 5.58. The Morgan fingerprint density at radius 3 is 2.94 bits per heavy atom. The van der Waals surface area contributed by atoms with Crippen LogP contribution in [0.3, 0.4) is 0 Å². The fourth-order valence-corrected chi connectivity index (χ4v) is 2.09. The molecule has 1 unspecified atom stereocenters. The third-order valence-electron chi connectivity index (χ3n) is 2.29. The molecule has 3 N–H and O–H groups in total. The second-order valence-corrected chi connectivity index (χ2v) is 5.03. The molecule has 5 heteroatoms. The number of nitrogens with zero attached hydrogens (tertiary/aromatic N) is 1. The van der Waals surface area contributed by atoms with Crippen molar-refractivity contribution in [3.05, 3.63) is 24.0 Å². The molecule has 1 aromatic rings. The van der Waals surface area contributed by atoms with Crippen molar-refractivity contribution < 1.29 is 4.79 Å². The summed E-state index contributed by atoms with van der Waals surface area (Å²) in [7, 11) is 0. The lowest BCUT2D eigenvalue weighted by atomic mass is 10.2. The molecule has 94 valence electrons. The number of amides is 1. The fourth-order valence-electron chi connectivity index (χ4n) is 1.40. The topological polar surface area (TPSA) is 68.0 Å². The van der Waals surface area contributed by atoms with Crippen LogP contribution in [0.15, 0.2) is 18.3 Å². The Kier molecular flexibility index (Phi) is 5.83. The van der Waals surface area contributed by atoms with E-state index < -0.39 is 0 Å². The van der Waals surface area contributed by atoms with Gasteiger partial charge in [0.2, 0.25) is 5.91 Å². The van der Waals surface area contributed by atoms with E-state index in [-0.39, 0.29) is 5.91 Å². The summed E-state index contributed by atoms with van der Waals surface area (Å²) in [6, 6.07) is 3.53. The van der Waals surface area contributed by atoms with Crippen LogP contribution in [0.1, 0.15) is 12.6 Å². The normalized spacial score (nSPS) is 12.1. The molecule has 1 atom stereocenters. The fraction of sp³-hybridized carbons (Fsp3) is 0.500. The number of carbonyl (C=O) groups is 1. The molecule has 17 heavy (non-hydrogen) atoms. The van der Waals surface area contributed by atoms with Gasteiger partial charge in [-0.3, -0.25) is 9.78 Å². The van der Waals surface area contributed by atoms with Crippen molar-refractivity contribution in [2.24, 2.45) is 5.92 Å². The van der Waals surface area contributed by atoms with Crippen molar-refractivity contribution >= 4 is 23.4 Å². The predicted molar refractivity (Wildman–Crippen MR) is 72.9 cm³/mol. The summed E-state index contributed by atoms with van der Waals surface area (Å²) < 4.78 is 0. The smallest absolute Gasteiger partial charge is 0.226 e. The van der Waals surface area contributed by atoms with E-state index in [0.717, 1.165) is 11.4 Å². The van der Waals surface area contributed by atoms with Gasteiger partial charge in [0.1, 0.15) is 0 Å².